The second-order valence-corrected chi connectivity index (χ2v) is 3.90. The molecule has 78 valence electrons. The summed E-state index contributed by atoms with van der Waals surface area (Å²) in [5.41, 5.74) is 6.72. The Hall–Kier alpha value is -0.600. The molecule has 1 nitrogen and oxygen atoms in total. The Labute approximate surface area is 94.9 Å². The molecule has 0 aromatic heterocycles. The van der Waals surface area contributed by atoms with Gasteiger partial charge >= 0.3 is 0 Å². The van der Waals surface area contributed by atoms with Crippen LogP contribution >= 0.6 is 15.9 Å². The molecule has 0 unspecified atom stereocenters. The minimum atomic E-state index is 0. The average Bonchev–Trinajstić information content (AvgIpc) is 2.15. The van der Waals surface area contributed by atoms with Crippen LogP contribution in [0.4, 0.5) is 0 Å². The van der Waals surface area contributed by atoms with Gasteiger partial charge in [-0.15, -0.1) is 0 Å². The monoisotopic (exact) mass is 255 g/mol. The van der Waals surface area contributed by atoms with Gasteiger partial charge in [0, 0.05) is 5.33 Å². The van der Waals surface area contributed by atoms with E-state index in [-0.39, 0.29) is 6.15 Å². The Morgan fingerprint density at radius 3 is 2.21 bits per heavy atom. The van der Waals surface area contributed by atoms with Crippen molar-refractivity contribution < 1.29 is 0 Å². The normalized spacial score (nSPS) is 9.43. The van der Waals surface area contributed by atoms with Gasteiger partial charge in [0.15, 0.2) is 0 Å². The maximum Gasteiger partial charge on any atom is 0.0285 e. The third-order valence-electron chi connectivity index (χ3n) is 2.73. The van der Waals surface area contributed by atoms with Crippen LogP contribution in [-0.4, -0.2) is 0 Å². The van der Waals surface area contributed by atoms with Crippen molar-refractivity contribution in [3.63, 3.8) is 0 Å². The van der Waals surface area contributed by atoms with Gasteiger partial charge in [-0.1, -0.05) is 34.7 Å². The van der Waals surface area contributed by atoms with Crippen LogP contribution in [0.5, 0.6) is 0 Å². The fourth-order valence-corrected chi connectivity index (χ4v) is 2.08. The molecule has 0 fully saturated rings. The van der Waals surface area contributed by atoms with Crippen molar-refractivity contribution in [2.45, 2.75) is 26.1 Å². The number of halogens is 1. The first-order valence-electron chi connectivity index (χ1n) is 4.40. The number of rotatable bonds is 2. The lowest BCUT2D eigenvalue weighted by Gasteiger charge is -2.12. The Kier molecular flexibility index (Phi) is 5.09. The molecule has 0 aliphatic rings. The van der Waals surface area contributed by atoms with E-state index in [2.05, 4.69) is 49.3 Å². The fraction of sp³-hybridized carbons (Fsp3) is 0.333. The summed E-state index contributed by atoms with van der Waals surface area (Å²) in [4.78, 5) is 0. The molecule has 0 aliphatic heterocycles. The molecule has 14 heavy (non-hydrogen) atoms. The van der Waals surface area contributed by atoms with Gasteiger partial charge in [-0.05, 0) is 48.6 Å². The molecule has 0 atom stereocenters. The van der Waals surface area contributed by atoms with Gasteiger partial charge < -0.3 is 6.15 Å². The lowest BCUT2D eigenvalue weighted by atomic mass is 9.95. The highest BCUT2D eigenvalue weighted by molar-refractivity contribution is 9.08. The van der Waals surface area contributed by atoms with Crippen LogP contribution in [0, 0.1) is 20.8 Å². The van der Waals surface area contributed by atoms with Crippen molar-refractivity contribution in [1.82, 2.24) is 6.15 Å². The summed E-state index contributed by atoms with van der Waals surface area (Å²) in [6, 6.07) is 2.21. The van der Waals surface area contributed by atoms with Crippen LogP contribution in [-0.2, 0) is 5.33 Å². The molecule has 0 bridgehead atoms. The zero-order valence-corrected chi connectivity index (χ0v) is 10.7. The summed E-state index contributed by atoms with van der Waals surface area (Å²) in [6.45, 7) is 10.3. The van der Waals surface area contributed by atoms with Crippen molar-refractivity contribution in [3.8, 4) is 0 Å². The summed E-state index contributed by atoms with van der Waals surface area (Å²) < 4.78 is 0. The molecule has 2 heteroatoms. The van der Waals surface area contributed by atoms with Gasteiger partial charge in [0.05, 0.1) is 0 Å². The topological polar surface area (TPSA) is 35.0 Å². The summed E-state index contributed by atoms with van der Waals surface area (Å²) in [7, 11) is 0. The molecule has 1 rings (SSSR count). The van der Waals surface area contributed by atoms with E-state index in [0.29, 0.717) is 0 Å². The van der Waals surface area contributed by atoms with Gasteiger partial charge in [0.25, 0.3) is 0 Å². The summed E-state index contributed by atoms with van der Waals surface area (Å²) in [5, 5.41) is 0.917. The molecule has 3 N–H and O–H groups in total. The average molecular weight is 256 g/mol. The Morgan fingerprint density at radius 1 is 1.21 bits per heavy atom. The Balaban J connectivity index is 0.00000169. The predicted octanol–water partition coefficient (Wildman–Crippen LogP) is 4.31. The highest BCUT2D eigenvalue weighted by atomic mass is 79.9. The van der Waals surface area contributed by atoms with Crippen molar-refractivity contribution in [2.75, 3.05) is 0 Å². The lowest BCUT2D eigenvalue weighted by molar-refractivity contribution is 1.20. The predicted molar refractivity (Wildman–Crippen MR) is 68.4 cm³/mol. The number of hydrogen-bond acceptors (Lipinski definition) is 1. The van der Waals surface area contributed by atoms with E-state index in [0.717, 1.165) is 5.33 Å². The molecular weight excluding hydrogens is 238 g/mol. The highest BCUT2D eigenvalue weighted by Crippen LogP contribution is 2.23. The molecule has 1 aromatic rings. The van der Waals surface area contributed by atoms with Crippen LogP contribution < -0.4 is 6.15 Å². The summed E-state index contributed by atoms with van der Waals surface area (Å²) in [6.07, 6.45) is 1.92. The second-order valence-electron chi connectivity index (χ2n) is 3.34. The third kappa shape index (κ3) is 2.25. The molecule has 0 radical (unpaired) electrons. The van der Waals surface area contributed by atoms with Crippen molar-refractivity contribution in [1.29, 1.82) is 0 Å². The first kappa shape index (κ1) is 13.4. The Bertz CT molecular complexity index is 343. The molecule has 0 saturated carbocycles. The van der Waals surface area contributed by atoms with E-state index >= 15 is 0 Å². The minimum absolute atomic E-state index is 0. The van der Waals surface area contributed by atoms with Gasteiger partial charge in [-0.2, -0.15) is 0 Å². The maximum absolute atomic E-state index is 3.82. The van der Waals surface area contributed by atoms with E-state index in [9.17, 15) is 0 Å². The van der Waals surface area contributed by atoms with Crippen LogP contribution in [0.15, 0.2) is 12.6 Å². The minimum Gasteiger partial charge on any atom is -0.344 e. The second kappa shape index (κ2) is 5.32. The summed E-state index contributed by atoms with van der Waals surface area (Å²) >= 11 is 3.50. The lowest BCUT2D eigenvalue weighted by Crippen LogP contribution is -1.95. The van der Waals surface area contributed by atoms with Gasteiger partial charge in [0.1, 0.15) is 0 Å². The Morgan fingerprint density at radius 2 is 1.79 bits per heavy atom. The zero-order valence-electron chi connectivity index (χ0n) is 9.15. The molecule has 1 aromatic carbocycles. The zero-order chi connectivity index (χ0) is 10.0. The standard InChI is InChI=1S/C12H15Br.H3N/c1-5-11-6-12(7-13)10(4)8(2)9(11)3;/h5-6H,1,7H2,2-4H3;1H3. The first-order chi connectivity index (χ1) is 6.11. The van der Waals surface area contributed by atoms with E-state index in [4.69, 9.17) is 0 Å². The van der Waals surface area contributed by atoms with Gasteiger partial charge in [-0.3, -0.25) is 0 Å². The number of benzene rings is 1. The van der Waals surface area contributed by atoms with Crippen LogP contribution in [0.2, 0.25) is 0 Å². The van der Waals surface area contributed by atoms with Crippen LogP contribution in [0.1, 0.15) is 27.8 Å². The van der Waals surface area contributed by atoms with Gasteiger partial charge in [0.2, 0.25) is 0 Å². The quantitative estimate of drug-likeness (QED) is 0.786. The fourth-order valence-electron chi connectivity index (χ4n) is 1.49. The highest BCUT2D eigenvalue weighted by Gasteiger charge is 2.06. The number of hydrogen-bond donors (Lipinski definition) is 1. The van der Waals surface area contributed by atoms with E-state index < -0.39 is 0 Å². The van der Waals surface area contributed by atoms with Crippen molar-refractivity contribution >= 4 is 22.0 Å². The summed E-state index contributed by atoms with van der Waals surface area (Å²) in [5.74, 6) is 0. The molecule has 0 aliphatic carbocycles. The molecule has 0 saturated heterocycles. The van der Waals surface area contributed by atoms with Crippen molar-refractivity contribution in [3.05, 3.63) is 40.5 Å². The van der Waals surface area contributed by atoms with E-state index in [1.54, 1.807) is 0 Å². The maximum atomic E-state index is 3.82. The smallest absolute Gasteiger partial charge is 0.0285 e. The van der Waals surface area contributed by atoms with Crippen LogP contribution in [0.3, 0.4) is 0 Å². The third-order valence-corrected chi connectivity index (χ3v) is 3.34. The molecule has 0 heterocycles. The largest absolute Gasteiger partial charge is 0.344 e. The van der Waals surface area contributed by atoms with E-state index in [1.807, 2.05) is 6.08 Å². The van der Waals surface area contributed by atoms with Gasteiger partial charge in [-0.25, -0.2) is 0 Å². The van der Waals surface area contributed by atoms with Crippen LogP contribution in [0.25, 0.3) is 6.08 Å². The molecule has 0 spiro atoms. The molecular formula is C12H18BrN. The number of alkyl halides is 1. The first-order valence-corrected chi connectivity index (χ1v) is 5.52. The van der Waals surface area contributed by atoms with E-state index in [1.165, 1.54) is 27.8 Å². The van der Waals surface area contributed by atoms with Crippen molar-refractivity contribution in [2.24, 2.45) is 0 Å². The SMILES string of the molecule is C=Cc1cc(CBr)c(C)c(C)c1C.N. The molecule has 0 amide bonds.